The van der Waals surface area contributed by atoms with Crippen molar-refractivity contribution in [3.05, 3.63) is 83.4 Å². The Morgan fingerprint density at radius 3 is 2.44 bits per heavy atom. The first-order valence-corrected chi connectivity index (χ1v) is 12.4. The lowest BCUT2D eigenvalue weighted by Crippen LogP contribution is -2.31. The highest BCUT2D eigenvalue weighted by Crippen LogP contribution is 2.47. The van der Waals surface area contributed by atoms with Gasteiger partial charge in [0.15, 0.2) is 0 Å². The fourth-order valence-corrected chi connectivity index (χ4v) is 5.29. The smallest absolute Gasteiger partial charge is 0.126 e. The molecule has 0 aromatic heterocycles. The minimum Gasteiger partial charge on any atom is -0.508 e. The SMILES string of the molecule is Oc1cccc([C@@H]2COc3cc(O)ccc3[C@@H]2c2ccc(OCCCN3CCCCC3)cc2)c1. The number of nitrogens with zero attached hydrogens (tertiary/aromatic N) is 1. The van der Waals surface area contributed by atoms with Crippen LogP contribution in [0, 0.1) is 0 Å². The average molecular weight is 460 g/mol. The number of benzene rings is 3. The van der Waals surface area contributed by atoms with E-state index in [4.69, 9.17) is 9.47 Å². The molecule has 0 amide bonds. The quantitative estimate of drug-likeness (QED) is 0.447. The molecule has 3 aromatic rings. The van der Waals surface area contributed by atoms with Crippen LogP contribution in [0.3, 0.4) is 0 Å². The Balaban J connectivity index is 1.32. The maximum atomic E-state index is 10.1. The normalized spacial score (nSPS) is 20.4. The number of hydrogen-bond donors (Lipinski definition) is 2. The summed E-state index contributed by atoms with van der Waals surface area (Å²) in [6.45, 7) is 4.74. The summed E-state index contributed by atoms with van der Waals surface area (Å²) in [6.07, 6.45) is 5.05. The Morgan fingerprint density at radius 2 is 1.65 bits per heavy atom. The van der Waals surface area contributed by atoms with E-state index < -0.39 is 0 Å². The van der Waals surface area contributed by atoms with Gasteiger partial charge >= 0.3 is 0 Å². The second-order valence-corrected chi connectivity index (χ2v) is 9.39. The first-order chi connectivity index (χ1) is 16.7. The predicted molar refractivity (Wildman–Crippen MR) is 133 cm³/mol. The van der Waals surface area contributed by atoms with Gasteiger partial charge in [-0.1, -0.05) is 36.8 Å². The van der Waals surface area contributed by atoms with Gasteiger partial charge in [-0.05, 0) is 73.8 Å². The number of fused-ring (bicyclic) bond motifs is 1. The average Bonchev–Trinajstić information content (AvgIpc) is 2.87. The molecule has 2 N–H and O–H groups in total. The molecule has 34 heavy (non-hydrogen) atoms. The van der Waals surface area contributed by atoms with Gasteiger partial charge in [0.1, 0.15) is 23.0 Å². The number of piperidine rings is 1. The molecule has 2 atom stereocenters. The molecule has 2 heterocycles. The molecular weight excluding hydrogens is 426 g/mol. The van der Waals surface area contributed by atoms with E-state index in [0.29, 0.717) is 12.4 Å². The molecule has 1 fully saturated rings. The minimum absolute atomic E-state index is 0.0410. The molecule has 0 spiro atoms. The highest BCUT2D eigenvalue weighted by molar-refractivity contribution is 5.51. The first-order valence-electron chi connectivity index (χ1n) is 12.4. The van der Waals surface area contributed by atoms with E-state index in [1.54, 1.807) is 18.2 Å². The van der Waals surface area contributed by atoms with E-state index in [1.165, 1.54) is 32.4 Å². The van der Waals surface area contributed by atoms with Gasteiger partial charge in [-0.15, -0.1) is 0 Å². The second kappa shape index (κ2) is 10.4. The fourth-order valence-electron chi connectivity index (χ4n) is 5.29. The van der Waals surface area contributed by atoms with Crippen LogP contribution in [0.1, 0.15) is 54.2 Å². The number of hydrogen-bond acceptors (Lipinski definition) is 5. The number of ether oxygens (including phenoxy) is 2. The van der Waals surface area contributed by atoms with Gasteiger partial charge in [-0.25, -0.2) is 0 Å². The summed E-state index contributed by atoms with van der Waals surface area (Å²) in [5.74, 6) is 2.12. The molecule has 2 aliphatic rings. The van der Waals surface area contributed by atoms with Crippen molar-refractivity contribution in [1.29, 1.82) is 0 Å². The summed E-state index contributed by atoms with van der Waals surface area (Å²) < 4.78 is 12.1. The monoisotopic (exact) mass is 459 g/mol. The van der Waals surface area contributed by atoms with E-state index in [0.717, 1.165) is 42.0 Å². The molecule has 1 saturated heterocycles. The topological polar surface area (TPSA) is 62.2 Å². The standard InChI is InChI=1S/C29H33NO4/c31-23-7-4-6-22(18-23)27-20-34-28-19-24(32)10-13-26(28)29(27)21-8-11-25(12-9-21)33-17-5-16-30-14-2-1-3-15-30/h4,6-13,18-19,27,29,31-32H,1-3,5,14-17,20H2/t27-,29-/m0/s1. The van der Waals surface area contributed by atoms with Gasteiger partial charge in [-0.3, -0.25) is 0 Å². The van der Waals surface area contributed by atoms with E-state index >= 15 is 0 Å². The summed E-state index contributed by atoms with van der Waals surface area (Å²) in [5.41, 5.74) is 3.22. The second-order valence-electron chi connectivity index (χ2n) is 9.39. The molecule has 0 unspecified atom stereocenters. The zero-order chi connectivity index (χ0) is 23.3. The molecule has 3 aromatic carbocycles. The van der Waals surface area contributed by atoms with Crippen molar-refractivity contribution in [1.82, 2.24) is 4.90 Å². The lowest BCUT2D eigenvalue weighted by Gasteiger charge is -2.34. The van der Waals surface area contributed by atoms with Crippen molar-refractivity contribution in [2.75, 3.05) is 32.8 Å². The zero-order valence-electron chi connectivity index (χ0n) is 19.5. The van der Waals surface area contributed by atoms with Gasteiger partial charge in [0.2, 0.25) is 0 Å². The molecule has 5 heteroatoms. The fraction of sp³-hybridized carbons (Fsp3) is 0.379. The zero-order valence-corrected chi connectivity index (χ0v) is 19.5. The van der Waals surface area contributed by atoms with E-state index in [-0.39, 0.29) is 23.3 Å². The molecule has 0 aliphatic carbocycles. The van der Waals surface area contributed by atoms with Gasteiger partial charge < -0.3 is 24.6 Å². The van der Waals surface area contributed by atoms with Crippen LogP contribution in [0.25, 0.3) is 0 Å². The van der Waals surface area contributed by atoms with Crippen LogP contribution in [0.5, 0.6) is 23.0 Å². The molecule has 178 valence electrons. The Bertz CT molecular complexity index is 1090. The number of aromatic hydroxyl groups is 2. The summed E-state index contributed by atoms with van der Waals surface area (Å²) >= 11 is 0. The largest absolute Gasteiger partial charge is 0.508 e. The third-order valence-electron chi connectivity index (χ3n) is 7.03. The highest BCUT2D eigenvalue weighted by atomic mass is 16.5. The molecular formula is C29H33NO4. The molecule has 0 saturated carbocycles. The summed E-state index contributed by atoms with van der Waals surface area (Å²) in [5, 5.41) is 20.0. The van der Waals surface area contributed by atoms with Crippen molar-refractivity contribution in [2.45, 2.75) is 37.5 Å². The van der Waals surface area contributed by atoms with Crippen LogP contribution >= 0.6 is 0 Å². The third kappa shape index (κ3) is 5.15. The van der Waals surface area contributed by atoms with Crippen LogP contribution in [0.15, 0.2) is 66.7 Å². The Labute approximate surface area is 201 Å². The lowest BCUT2D eigenvalue weighted by atomic mass is 9.76. The predicted octanol–water partition coefficient (Wildman–Crippen LogP) is 5.66. The Hall–Kier alpha value is -3.18. The van der Waals surface area contributed by atoms with Gasteiger partial charge in [0.05, 0.1) is 13.2 Å². The van der Waals surface area contributed by atoms with Crippen LogP contribution in [0.2, 0.25) is 0 Å². The maximum Gasteiger partial charge on any atom is 0.126 e. The molecule has 0 radical (unpaired) electrons. The van der Waals surface area contributed by atoms with Crippen LogP contribution < -0.4 is 9.47 Å². The van der Waals surface area contributed by atoms with Crippen LogP contribution in [0.4, 0.5) is 0 Å². The van der Waals surface area contributed by atoms with Crippen molar-refractivity contribution in [3.8, 4) is 23.0 Å². The first kappa shape index (κ1) is 22.6. The van der Waals surface area contributed by atoms with E-state index in [9.17, 15) is 10.2 Å². The van der Waals surface area contributed by atoms with Crippen molar-refractivity contribution >= 4 is 0 Å². The van der Waals surface area contributed by atoms with Gasteiger partial charge in [0.25, 0.3) is 0 Å². The number of rotatable bonds is 7. The van der Waals surface area contributed by atoms with Crippen molar-refractivity contribution < 1.29 is 19.7 Å². The van der Waals surface area contributed by atoms with E-state index in [2.05, 4.69) is 17.0 Å². The summed E-state index contributed by atoms with van der Waals surface area (Å²) in [7, 11) is 0. The number of phenols is 2. The summed E-state index contributed by atoms with van der Waals surface area (Å²) in [4.78, 5) is 2.54. The Morgan fingerprint density at radius 1 is 0.853 bits per heavy atom. The van der Waals surface area contributed by atoms with Crippen molar-refractivity contribution in [2.24, 2.45) is 0 Å². The third-order valence-corrected chi connectivity index (χ3v) is 7.03. The summed E-state index contributed by atoms with van der Waals surface area (Å²) in [6, 6.07) is 21.1. The van der Waals surface area contributed by atoms with Crippen molar-refractivity contribution in [3.63, 3.8) is 0 Å². The number of phenolic OH excluding ortho intramolecular Hbond substituents is 2. The number of likely N-dealkylation sites (tertiary alicyclic amines) is 1. The Kier molecular flexibility index (Phi) is 6.91. The molecule has 5 nitrogen and oxygen atoms in total. The highest BCUT2D eigenvalue weighted by Gasteiger charge is 2.33. The molecule has 5 rings (SSSR count). The van der Waals surface area contributed by atoms with E-state index in [1.807, 2.05) is 36.4 Å². The van der Waals surface area contributed by atoms with Gasteiger partial charge in [0, 0.05) is 30.0 Å². The van der Waals surface area contributed by atoms with Crippen LogP contribution in [-0.2, 0) is 0 Å². The van der Waals surface area contributed by atoms with Crippen LogP contribution in [-0.4, -0.2) is 48.0 Å². The maximum absolute atomic E-state index is 10.1. The minimum atomic E-state index is 0.0410. The lowest BCUT2D eigenvalue weighted by molar-refractivity contribution is 0.205. The molecule has 0 bridgehead atoms. The van der Waals surface area contributed by atoms with Gasteiger partial charge in [-0.2, -0.15) is 0 Å². The molecule has 2 aliphatic heterocycles.